The summed E-state index contributed by atoms with van der Waals surface area (Å²) in [6, 6.07) is 8.15. The van der Waals surface area contributed by atoms with Crippen molar-refractivity contribution >= 4 is 32.5 Å². The van der Waals surface area contributed by atoms with E-state index in [1.165, 1.54) is 0 Å². The van der Waals surface area contributed by atoms with E-state index in [9.17, 15) is 4.79 Å². The summed E-state index contributed by atoms with van der Waals surface area (Å²) in [5, 5.41) is 2.28. The van der Waals surface area contributed by atoms with Crippen LogP contribution in [0.1, 0.15) is 26.3 Å². The van der Waals surface area contributed by atoms with Gasteiger partial charge in [0.15, 0.2) is 5.78 Å². The van der Waals surface area contributed by atoms with Crippen molar-refractivity contribution in [2.75, 3.05) is 0 Å². The van der Waals surface area contributed by atoms with Crippen LogP contribution >= 0.6 is 15.9 Å². The normalized spacial score (nSPS) is 13.5. The first-order chi connectivity index (χ1) is 8.89. The van der Waals surface area contributed by atoms with E-state index >= 15 is 0 Å². The maximum absolute atomic E-state index is 12.2. The predicted molar refractivity (Wildman–Crippen MR) is 82.6 cm³/mol. The average Bonchev–Trinajstić information content (AvgIpc) is 2.37. The number of fused-ring (bicyclic) bond motifs is 1. The molecule has 2 rings (SSSR count). The van der Waals surface area contributed by atoms with Crippen LogP contribution in [0, 0.1) is 5.41 Å². The molecule has 1 heterocycles. The summed E-state index contributed by atoms with van der Waals surface area (Å²) in [5.41, 5.74) is 0.835. The highest BCUT2D eigenvalue weighted by atomic mass is 79.9. The number of halogens is 1. The van der Waals surface area contributed by atoms with Gasteiger partial charge in [-0.25, -0.2) is 0 Å². The Hall–Kier alpha value is -1.22. The highest BCUT2D eigenvalue weighted by molar-refractivity contribution is 9.10. The first kappa shape index (κ1) is 14.2. The number of rotatable bonds is 3. The molecule has 0 radical (unpaired) electrons. The quantitative estimate of drug-likeness (QED) is 0.795. The van der Waals surface area contributed by atoms with Crippen LogP contribution in [0.2, 0.25) is 0 Å². The molecule has 2 nitrogen and oxygen atoms in total. The number of aromatic nitrogens is 1. The van der Waals surface area contributed by atoms with Crippen molar-refractivity contribution in [3.05, 3.63) is 42.2 Å². The molecular weight excluding hydrogens is 302 g/mol. The van der Waals surface area contributed by atoms with Crippen molar-refractivity contribution in [1.82, 2.24) is 4.98 Å². The molecule has 0 spiro atoms. The average molecular weight is 320 g/mol. The van der Waals surface area contributed by atoms with Crippen LogP contribution in [0.25, 0.3) is 10.8 Å². The number of nitrogens with zero attached hydrogens (tertiary/aromatic N) is 1. The molecule has 0 amide bonds. The number of hydrogen-bond acceptors (Lipinski definition) is 2. The van der Waals surface area contributed by atoms with E-state index in [1.807, 2.05) is 39.1 Å². The lowest BCUT2D eigenvalue weighted by molar-refractivity contribution is -0.125. The maximum atomic E-state index is 12.2. The zero-order valence-electron chi connectivity index (χ0n) is 11.5. The van der Waals surface area contributed by atoms with Gasteiger partial charge >= 0.3 is 0 Å². The lowest BCUT2D eigenvalue weighted by Gasteiger charge is -2.21. The molecule has 0 fully saturated rings. The number of hydrogen-bond donors (Lipinski definition) is 0. The lowest BCUT2D eigenvalue weighted by Crippen LogP contribution is -2.30. The van der Waals surface area contributed by atoms with Gasteiger partial charge in [0, 0.05) is 23.2 Å². The van der Waals surface area contributed by atoms with E-state index in [-0.39, 0.29) is 16.0 Å². The van der Waals surface area contributed by atoms with Crippen LogP contribution in [0.4, 0.5) is 0 Å². The van der Waals surface area contributed by atoms with Crippen LogP contribution in [0.3, 0.4) is 0 Å². The van der Waals surface area contributed by atoms with Crippen molar-refractivity contribution in [2.45, 2.75) is 32.0 Å². The molecule has 2 aromatic rings. The van der Waals surface area contributed by atoms with Gasteiger partial charge in [-0.05, 0) is 23.4 Å². The number of Topliss-reactive ketones (excluding diaryl/α,β-unsaturated/α-hetero) is 1. The second-order valence-electron chi connectivity index (χ2n) is 5.80. The number of carbonyl (C=O) groups is 1. The zero-order chi connectivity index (χ0) is 14.0. The summed E-state index contributed by atoms with van der Waals surface area (Å²) in [4.78, 5) is 16.3. The van der Waals surface area contributed by atoms with Gasteiger partial charge in [0.1, 0.15) is 0 Å². The highest BCUT2D eigenvalue weighted by Gasteiger charge is 2.28. The Balaban J connectivity index is 2.29. The Morgan fingerprint density at radius 2 is 2.05 bits per heavy atom. The van der Waals surface area contributed by atoms with Crippen molar-refractivity contribution in [2.24, 2.45) is 5.41 Å². The Bertz CT molecular complexity index is 596. The summed E-state index contributed by atoms with van der Waals surface area (Å²) >= 11 is 3.53. The minimum absolute atomic E-state index is 0.154. The minimum Gasteiger partial charge on any atom is -0.298 e. The summed E-state index contributed by atoms with van der Waals surface area (Å²) < 4.78 is 0. The molecule has 0 saturated heterocycles. The van der Waals surface area contributed by atoms with E-state index in [1.54, 1.807) is 6.20 Å². The number of carbonyl (C=O) groups excluding carboxylic acids is 1. The third-order valence-corrected chi connectivity index (χ3v) is 3.94. The Labute approximate surface area is 122 Å². The molecule has 0 aliphatic heterocycles. The molecule has 1 atom stereocenters. The largest absolute Gasteiger partial charge is 0.298 e. The standard InChI is InChI=1S/C16H18BrNO/c1-16(2,3)15(19)14(17)9-12-6-4-5-11-7-8-18-10-13(11)12/h4-8,10,14H,9H2,1-3H3. The molecule has 0 aliphatic rings. The second kappa shape index (κ2) is 5.41. The topological polar surface area (TPSA) is 30.0 Å². The minimum atomic E-state index is -0.322. The number of pyridine rings is 1. The fourth-order valence-corrected chi connectivity index (χ4v) is 3.15. The Morgan fingerprint density at radius 1 is 1.32 bits per heavy atom. The van der Waals surface area contributed by atoms with Crippen molar-refractivity contribution in [3.63, 3.8) is 0 Å². The molecule has 3 heteroatoms. The molecule has 1 aromatic heterocycles. The van der Waals surface area contributed by atoms with E-state index in [0.29, 0.717) is 6.42 Å². The second-order valence-corrected chi connectivity index (χ2v) is 6.91. The lowest BCUT2D eigenvalue weighted by atomic mass is 9.87. The first-order valence-electron chi connectivity index (χ1n) is 6.39. The third kappa shape index (κ3) is 3.21. The van der Waals surface area contributed by atoms with Gasteiger partial charge in [-0.1, -0.05) is 54.9 Å². The van der Waals surface area contributed by atoms with Gasteiger partial charge in [0.2, 0.25) is 0 Å². The van der Waals surface area contributed by atoms with Crippen molar-refractivity contribution in [3.8, 4) is 0 Å². The molecule has 0 bridgehead atoms. The molecule has 0 aliphatic carbocycles. The monoisotopic (exact) mass is 319 g/mol. The van der Waals surface area contributed by atoms with Gasteiger partial charge in [-0.3, -0.25) is 9.78 Å². The van der Waals surface area contributed by atoms with Crippen LogP contribution in [0.5, 0.6) is 0 Å². The van der Waals surface area contributed by atoms with Crippen LogP contribution in [-0.2, 0) is 11.2 Å². The first-order valence-corrected chi connectivity index (χ1v) is 7.31. The SMILES string of the molecule is CC(C)(C)C(=O)C(Br)Cc1cccc2ccncc12. The number of alkyl halides is 1. The van der Waals surface area contributed by atoms with E-state index in [0.717, 1.165) is 16.3 Å². The van der Waals surface area contributed by atoms with E-state index in [2.05, 4.69) is 33.0 Å². The molecule has 1 aromatic carbocycles. The zero-order valence-corrected chi connectivity index (χ0v) is 13.1. The van der Waals surface area contributed by atoms with Gasteiger partial charge in [0.05, 0.1) is 4.83 Å². The summed E-state index contributed by atoms with van der Waals surface area (Å²) in [6.45, 7) is 5.86. The van der Waals surface area contributed by atoms with Gasteiger partial charge in [-0.2, -0.15) is 0 Å². The summed E-state index contributed by atoms with van der Waals surface area (Å²) in [6.07, 6.45) is 4.35. The molecule has 0 saturated carbocycles. The maximum Gasteiger partial charge on any atom is 0.152 e. The van der Waals surface area contributed by atoms with Crippen LogP contribution < -0.4 is 0 Å². The van der Waals surface area contributed by atoms with Crippen molar-refractivity contribution < 1.29 is 4.79 Å². The Morgan fingerprint density at radius 3 is 2.74 bits per heavy atom. The molecular formula is C16H18BrNO. The van der Waals surface area contributed by atoms with Crippen LogP contribution in [0.15, 0.2) is 36.7 Å². The van der Waals surface area contributed by atoms with Gasteiger partial charge in [0.25, 0.3) is 0 Å². The molecule has 0 N–H and O–H groups in total. The van der Waals surface area contributed by atoms with Gasteiger partial charge in [-0.15, -0.1) is 0 Å². The van der Waals surface area contributed by atoms with E-state index < -0.39 is 0 Å². The van der Waals surface area contributed by atoms with Crippen molar-refractivity contribution in [1.29, 1.82) is 0 Å². The summed E-state index contributed by atoms with van der Waals surface area (Å²) in [7, 11) is 0. The van der Waals surface area contributed by atoms with Gasteiger partial charge < -0.3 is 0 Å². The number of ketones is 1. The van der Waals surface area contributed by atoms with Crippen LogP contribution in [-0.4, -0.2) is 15.6 Å². The smallest absolute Gasteiger partial charge is 0.152 e. The highest BCUT2D eigenvalue weighted by Crippen LogP contribution is 2.26. The number of benzene rings is 1. The molecule has 1 unspecified atom stereocenters. The predicted octanol–water partition coefficient (Wildman–Crippen LogP) is 4.16. The fourth-order valence-electron chi connectivity index (χ4n) is 2.11. The molecule has 19 heavy (non-hydrogen) atoms. The molecule has 100 valence electrons. The van der Waals surface area contributed by atoms with E-state index in [4.69, 9.17) is 0 Å². The fraction of sp³-hybridized carbons (Fsp3) is 0.375. The third-order valence-electron chi connectivity index (χ3n) is 3.20. The summed E-state index contributed by atoms with van der Waals surface area (Å²) in [5.74, 6) is 0.230. The Kier molecular flexibility index (Phi) is 4.04.